The van der Waals surface area contributed by atoms with Crippen molar-refractivity contribution in [3.63, 3.8) is 0 Å². The molecule has 0 unspecified atom stereocenters. The highest BCUT2D eigenvalue weighted by atomic mass is 16.3. The van der Waals surface area contributed by atoms with Crippen LogP contribution in [0.2, 0.25) is 0 Å². The molecule has 0 radical (unpaired) electrons. The SMILES string of the molecule is CC1(C)c2ccccc2-c2ccc(N(c3cccc(-c4ccc5c(c4)oc4ccccc45)c3)c3ccc4c(c3)C(c3ccccc3)(c3ccccc3)c3ccccc3-4)cc21. The van der Waals surface area contributed by atoms with Gasteiger partial charge in [0.1, 0.15) is 11.2 Å². The summed E-state index contributed by atoms with van der Waals surface area (Å²) in [6.45, 7) is 4.72. The highest BCUT2D eigenvalue weighted by molar-refractivity contribution is 6.06. The molecule has 0 saturated carbocycles. The third-order valence-electron chi connectivity index (χ3n) is 13.3. The Morgan fingerprint density at radius 1 is 0.350 bits per heavy atom. The normalized spacial score (nSPS) is 14.1. The highest BCUT2D eigenvalue weighted by Crippen LogP contribution is 2.58. The molecule has 2 aliphatic carbocycles. The number of nitrogens with zero attached hydrogens (tertiary/aromatic N) is 1. The molecule has 10 aromatic rings. The van der Waals surface area contributed by atoms with E-state index in [1.807, 2.05) is 12.1 Å². The van der Waals surface area contributed by atoms with Gasteiger partial charge in [-0.1, -0.05) is 172 Å². The molecule has 0 N–H and O–H groups in total. The van der Waals surface area contributed by atoms with Crippen LogP contribution >= 0.6 is 0 Å². The van der Waals surface area contributed by atoms with Gasteiger partial charge in [0.05, 0.1) is 5.41 Å². The molecule has 1 heterocycles. The molecular formula is C58H41NO. The van der Waals surface area contributed by atoms with Crippen molar-refractivity contribution in [1.82, 2.24) is 0 Å². The molecule has 0 amide bonds. The third kappa shape index (κ3) is 4.94. The van der Waals surface area contributed by atoms with Crippen LogP contribution in [-0.2, 0) is 10.8 Å². The summed E-state index contributed by atoms with van der Waals surface area (Å²) < 4.78 is 6.37. The first kappa shape index (κ1) is 34.6. The molecule has 0 fully saturated rings. The molecule has 2 nitrogen and oxygen atoms in total. The second kappa shape index (κ2) is 13.0. The van der Waals surface area contributed by atoms with E-state index in [9.17, 15) is 0 Å². The molecule has 12 rings (SSSR count). The van der Waals surface area contributed by atoms with Crippen molar-refractivity contribution < 1.29 is 4.42 Å². The maximum atomic E-state index is 6.37. The molecule has 60 heavy (non-hydrogen) atoms. The Kier molecular flexibility index (Phi) is 7.52. The lowest BCUT2D eigenvalue weighted by atomic mass is 9.67. The lowest BCUT2D eigenvalue weighted by Gasteiger charge is -2.35. The van der Waals surface area contributed by atoms with Crippen molar-refractivity contribution in [2.24, 2.45) is 0 Å². The van der Waals surface area contributed by atoms with Gasteiger partial charge in [-0.25, -0.2) is 0 Å². The third-order valence-corrected chi connectivity index (χ3v) is 13.3. The lowest BCUT2D eigenvalue weighted by Crippen LogP contribution is -2.28. The number of rotatable bonds is 6. The van der Waals surface area contributed by atoms with Gasteiger partial charge in [0.2, 0.25) is 0 Å². The van der Waals surface area contributed by atoms with Gasteiger partial charge in [-0.15, -0.1) is 0 Å². The Morgan fingerprint density at radius 2 is 0.883 bits per heavy atom. The van der Waals surface area contributed by atoms with Gasteiger partial charge in [-0.05, 0) is 121 Å². The van der Waals surface area contributed by atoms with Gasteiger partial charge >= 0.3 is 0 Å². The smallest absolute Gasteiger partial charge is 0.136 e. The van der Waals surface area contributed by atoms with Crippen molar-refractivity contribution in [3.8, 4) is 33.4 Å². The predicted octanol–water partition coefficient (Wildman–Crippen LogP) is 15.4. The second-order valence-electron chi connectivity index (χ2n) is 16.9. The van der Waals surface area contributed by atoms with E-state index < -0.39 is 5.41 Å². The summed E-state index contributed by atoms with van der Waals surface area (Å²) in [5.74, 6) is 0. The topological polar surface area (TPSA) is 16.4 Å². The van der Waals surface area contributed by atoms with Gasteiger partial charge in [0.15, 0.2) is 0 Å². The number of fused-ring (bicyclic) bond motifs is 9. The molecule has 0 bridgehead atoms. The zero-order chi connectivity index (χ0) is 40.0. The average molecular weight is 768 g/mol. The van der Waals surface area contributed by atoms with Gasteiger partial charge in [-0.3, -0.25) is 0 Å². The van der Waals surface area contributed by atoms with Gasteiger partial charge in [-0.2, -0.15) is 0 Å². The number of furan rings is 1. The quantitative estimate of drug-likeness (QED) is 0.168. The summed E-state index contributed by atoms with van der Waals surface area (Å²) in [6.07, 6.45) is 0. The van der Waals surface area contributed by atoms with Crippen molar-refractivity contribution >= 4 is 39.0 Å². The first-order valence-electron chi connectivity index (χ1n) is 20.9. The molecule has 2 heteroatoms. The van der Waals surface area contributed by atoms with E-state index in [4.69, 9.17) is 4.42 Å². The van der Waals surface area contributed by atoms with E-state index >= 15 is 0 Å². The Hall–Kier alpha value is -7.42. The van der Waals surface area contributed by atoms with E-state index in [0.29, 0.717) is 0 Å². The summed E-state index contributed by atoms with van der Waals surface area (Å²) in [4.78, 5) is 2.46. The molecule has 9 aromatic carbocycles. The van der Waals surface area contributed by atoms with Crippen LogP contribution in [0.3, 0.4) is 0 Å². The van der Waals surface area contributed by atoms with Crippen molar-refractivity contribution in [2.45, 2.75) is 24.7 Å². The molecule has 284 valence electrons. The number of anilines is 3. The van der Waals surface area contributed by atoms with Crippen LogP contribution in [0.25, 0.3) is 55.3 Å². The van der Waals surface area contributed by atoms with Crippen LogP contribution in [0, 0.1) is 0 Å². The fraction of sp³-hybridized carbons (Fsp3) is 0.0690. The van der Waals surface area contributed by atoms with Crippen LogP contribution < -0.4 is 4.90 Å². The predicted molar refractivity (Wildman–Crippen MR) is 249 cm³/mol. The largest absolute Gasteiger partial charge is 0.456 e. The van der Waals surface area contributed by atoms with E-state index in [-0.39, 0.29) is 5.41 Å². The van der Waals surface area contributed by atoms with Crippen LogP contribution in [-0.4, -0.2) is 0 Å². The summed E-state index contributed by atoms with van der Waals surface area (Å²) in [6, 6.07) is 78.1. The second-order valence-corrected chi connectivity index (χ2v) is 16.9. The minimum Gasteiger partial charge on any atom is -0.456 e. The minimum absolute atomic E-state index is 0.146. The van der Waals surface area contributed by atoms with Gasteiger partial charge in [0.25, 0.3) is 0 Å². The summed E-state index contributed by atoms with van der Waals surface area (Å²) in [5, 5.41) is 2.27. The number of para-hydroxylation sites is 1. The van der Waals surface area contributed by atoms with Crippen LogP contribution in [0.15, 0.2) is 217 Å². The molecular weight excluding hydrogens is 727 g/mol. The maximum Gasteiger partial charge on any atom is 0.136 e. The molecule has 0 aliphatic heterocycles. The van der Waals surface area contributed by atoms with E-state index in [0.717, 1.165) is 50.1 Å². The van der Waals surface area contributed by atoms with E-state index in [1.54, 1.807) is 0 Å². The average Bonchev–Trinajstić information content (AvgIpc) is 3.90. The lowest BCUT2D eigenvalue weighted by molar-refractivity contribution is 0.660. The molecule has 0 saturated heterocycles. The van der Waals surface area contributed by atoms with E-state index in [2.05, 4.69) is 219 Å². The number of hydrogen-bond acceptors (Lipinski definition) is 2. The standard InChI is InChI=1S/C58H41NO/c1-57(2)51-25-12-9-22-45(51)47-32-29-43(36-53(47)57)59(42-21-15-16-38(34-42)39-28-31-50-49-24-11-14-27-55(49)60-56(50)35-39)44-30-33-48-46-23-10-13-26-52(46)58(54(48)37-44,40-17-5-3-6-18-40)41-19-7-4-8-20-41/h3-37H,1-2H3. The fourth-order valence-electron chi connectivity index (χ4n) is 10.6. The Morgan fingerprint density at radius 3 is 1.62 bits per heavy atom. The van der Waals surface area contributed by atoms with Crippen LogP contribution in [0.1, 0.15) is 47.2 Å². The zero-order valence-corrected chi connectivity index (χ0v) is 33.6. The Balaban J connectivity index is 1.09. The Labute approximate surface area is 350 Å². The molecule has 0 spiro atoms. The van der Waals surface area contributed by atoms with Gasteiger partial charge in [0, 0.05) is 33.2 Å². The highest BCUT2D eigenvalue weighted by Gasteiger charge is 2.46. The van der Waals surface area contributed by atoms with Crippen molar-refractivity contribution in [2.75, 3.05) is 4.90 Å². The summed E-state index contributed by atoms with van der Waals surface area (Å²) >= 11 is 0. The van der Waals surface area contributed by atoms with E-state index in [1.165, 1.54) is 55.6 Å². The molecule has 0 atom stereocenters. The van der Waals surface area contributed by atoms with Crippen LogP contribution in [0.5, 0.6) is 0 Å². The van der Waals surface area contributed by atoms with Crippen molar-refractivity contribution in [1.29, 1.82) is 0 Å². The Bertz CT molecular complexity index is 3260. The molecule has 2 aliphatic rings. The van der Waals surface area contributed by atoms with Crippen molar-refractivity contribution in [3.05, 3.63) is 246 Å². The first-order chi connectivity index (χ1) is 29.5. The van der Waals surface area contributed by atoms with Gasteiger partial charge < -0.3 is 9.32 Å². The number of hydrogen-bond donors (Lipinski definition) is 0. The van der Waals surface area contributed by atoms with Crippen LogP contribution in [0.4, 0.5) is 17.1 Å². The first-order valence-corrected chi connectivity index (χ1v) is 20.9. The summed E-state index contributed by atoms with van der Waals surface area (Å²) in [5.41, 5.74) is 19.7. The zero-order valence-electron chi connectivity index (χ0n) is 33.6. The maximum absolute atomic E-state index is 6.37. The minimum atomic E-state index is -0.512. The summed E-state index contributed by atoms with van der Waals surface area (Å²) in [7, 11) is 0. The molecule has 1 aromatic heterocycles. The fourth-order valence-corrected chi connectivity index (χ4v) is 10.6. The monoisotopic (exact) mass is 767 g/mol. The number of benzene rings is 9.